The molecule has 1 aromatic rings. The molecule has 4 nitrogen and oxygen atoms in total. The molecule has 0 N–H and O–H groups in total. The first-order valence-corrected chi connectivity index (χ1v) is 5.85. The Labute approximate surface area is 107 Å². The van der Waals surface area contributed by atoms with E-state index < -0.39 is 5.97 Å². The maximum Gasteiger partial charge on any atom is 0.338 e. The Hall–Kier alpha value is -2.02. The van der Waals surface area contributed by atoms with E-state index in [0.29, 0.717) is 16.9 Å². The smallest absolute Gasteiger partial charge is 0.338 e. The average Bonchev–Trinajstić information content (AvgIpc) is 2.27. The van der Waals surface area contributed by atoms with Crippen molar-refractivity contribution in [2.75, 3.05) is 0 Å². The summed E-state index contributed by atoms with van der Waals surface area (Å²) in [7, 11) is 0. The Morgan fingerprint density at radius 1 is 1.22 bits per heavy atom. The number of esters is 1. The van der Waals surface area contributed by atoms with Crippen molar-refractivity contribution in [3.8, 4) is 11.8 Å². The van der Waals surface area contributed by atoms with Crippen LogP contribution in [0, 0.1) is 11.3 Å². The molecule has 1 rings (SSSR count). The largest absolute Gasteiger partial charge is 0.490 e. The molecular formula is C14H17NO3. The van der Waals surface area contributed by atoms with Gasteiger partial charge in [-0.15, -0.1) is 0 Å². The highest BCUT2D eigenvalue weighted by molar-refractivity contribution is 5.90. The fourth-order valence-corrected chi connectivity index (χ4v) is 1.38. The van der Waals surface area contributed by atoms with E-state index in [0.717, 1.165) is 0 Å². The third kappa shape index (κ3) is 3.77. The van der Waals surface area contributed by atoms with Crippen molar-refractivity contribution in [1.29, 1.82) is 5.26 Å². The van der Waals surface area contributed by atoms with Crippen LogP contribution < -0.4 is 4.74 Å². The Kier molecular flexibility index (Phi) is 4.73. The van der Waals surface area contributed by atoms with Gasteiger partial charge in [0.25, 0.3) is 0 Å². The predicted octanol–water partition coefficient (Wildman–Crippen LogP) is 2.91. The number of nitriles is 1. The molecule has 0 amide bonds. The highest BCUT2D eigenvalue weighted by atomic mass is 16.5. The van der Waals surface area contributed by atoms with Gasteiger partial charge in [0.2, 0.25) is 0 Å². The van der Waals surface area contributed by atoms with Gasteiger partial charge in [-0.3, -0.25) is 0 Å². The van der Waals surface area contributed by atoms with Gasteiger partial charge in [0, 0.05) is 0 Å². The van der Waals surface area contributed by atoms with Crippen molar-refractivity contribution in [3.63, 3.8) is 0 Å². The molecule has 0 bridgehead atoms. The van der Waals surface area contributed by atoms with Gasteiger partial charge in [-0.1, -0.05) is 0 Å². The molecule has 96 valence electrons. The normalized spacial score (nSPS) is 10.3. The number of hydrogen-bond acceptors (Lipinski definition) is 4. The fraction of sp³-hybridized carbons (Fsp3) is 0.429. The summed E-state index contributed by atoms with van der Waals surface area (Å²) in [5, 5.41) is 9.04. The topological polar surface area (TPSA) is 59.3 Å². The summed E-state index contributed by atoms with van der Waals surface area (Å²) in [5.74, 6) is 0.0474. The lowest BCUT2D eigenvalue weighted by atomic mass is 10.1. The van der Waals surface area contributed by atoms with Crippen molar-refractivity contribution in [2.24, 2.45) is 0 Å². The number of nitrogens with zero attached hydrogens (tertiary/aromatic N) is 1. The zero-order valence-electron chi connectivity index (χ0n) is 11.1. The Morgan fingerprint density at radius 3 is 2.39 bits per heavy atom. The number of carbonyl (C=O) groups excluding carboxylic acids is 1. The van der Waals surface area contributed by atoms with E-state index in [2.05, 4.69) is 0 Å². The minimum Gasteiger partial charge on any atom is -0.490 e. The molecule has 0 fully saturated rings. The van der Waals surface area contributed by atoms with E-state index in [1.54, 1.807) is 26.0 Å². The second-order valence-electron chi connectivity index (χ2n) is 4.44. The van der Waals surface area contributed by atoms with Crippen LogP contribution in [0.25, 0.3) is 0 Å². The van der Waals surface area contributed by atoms with Gasteiger partial charge in [-0.2, -0.15) is 5.26 Å². The monoisotopic (exact) mass is 247 g/mol. The number of hydrogen-bond donors (Lipinski definition) is 0. The highest BCUT2D eigenvalue weighted by Gasteiger charge is 2.13. The van der Waals surface area contributed by atoms with Crippen molar-refractivity contribution >= 4 is 5.97 Å². The van der Waals surface area contributed by atoms with Crippen molar-refractivity contribution < 1.29 is 14.3 Å². The van der Waals surface area contributed by atoms with Crippen LogP contribution in [0.2, 0.25) is 0 Å². The number of rotatable bonds is 4. The molecule has 0 atom stereocenters. The van der Waals surface area contributed by atoms with Gasteiger partial charge in [0.1, 0.15) is 11.8 Å². The van der Waals surface area contributed by atoms with Crippen molar-refractivity contribution in [1.82, 2.24) is 0 Å². The molecule has 18 heavy (non-hydrogen) atoms. The zero-order chi connectivity index (χ0) is 13.7. The first-order chi connectivity index (χ1) is 8.43. The van der Waals surface area contributed by atoms with Crippen LogP contribution in [0.4, 0.5) is 0 Å². The third-order valence-electron chi connectivity index (χ3n) is 2.04. The van der Waals surface area contributed by atoms with E-state index in [1.165, 1.54) is 6.07 Å². The SMILES string of the molecule is CC(C)OC(=O)c1ccc(OC(C)C)c(C#N)c1. The summed E-state index contributed by atoms with van der Waals surface area (Å²) in [6, 6.07) is 6.73. The molecule has 0 unspecified atom stereocenters. The summed E-state index contributed by atoms with van der Waals surface area (Å²) in [6.07, 6.45) is -0.208. The predicted molar refractivity (Wildman–Crippen MR) is 67.5 cm³/mol. The van der Waals surface area contributed by atoms with Crippen LogP contribution >= 0.6 is 0 Å². The molecule has 0 aliphatic carbocycles. The van der Waals surface area contributed by atoms with Gasteiger partial charge >= 0.3 is 5.97 Å². The van der Waals surface area contributed by atoms with Crippen LogP contribution in [0.15, 0.2) is 18.2 Å². The van der Waals surface area contributed by atoms with Crippen LogP contribution in [0.3, 0.4) is 0 Å². The molecule has 4 heteroatoms. The summed E-state index contributed by atoms with van der Waals surface area (Å²) < 4.78 is 10.5. The van der Waals surface area contributed by atoms with Crippen LogP contribution in [-0.2, 0) is 4.74 Å². The number of ether oxygens (including phenoxy) is 2. The van der Waals surface area contributed by atoms with Gasteiger partial charge in [0.15, 0.2) is 0 Å². The van der Waals surface area contributed by atoms with E-state index in [4.69, 9.17) is 14.7 Å². The lowest BCUT2D eigenvalue weighted by Crippen LogP contribution is -2.12. The molecule has 0 saturated heterocycles. The minimum atomic E-state index is -0.433. The molecule has 0 spiro atoms. The third-order valence-corrected chi connectivity index (χ3v) is 2.04. The Bertz CT molecular complexity index is 472. The first-order valence-electron chi connectivity index (χ1n) is 5.85. The molecule has 0 saturated carbocycles. The van der Waals surface area contributed by atoms with E-state index in [1.807, 2.05) is 19.9 Å². The van der Waals surface area contributed by atoms with Gasteiger partial charge in [-0.25, -0.2) is 4.79 Å². The van der Waals surface area contributed by atoms with Crippen LogP contribution in [-0.4, -0.2) is 18.2 Å². The number of carbonyl (C=O) groups is 1. The molecule has 0 radical (unpaired) electrons. The van der Waals surface area contributed by atoms with Gasteiger partial charge in [-0.05, 0) is 45.9 Å². The summed E-state index contributed by atoms with van der Waals surface area (Å²) in [6.45, 7) is 7.31. The molecule has 0 aromatic heterocycles. The summed E-state index contributed by atoms with van der Waals surface area (Å²) >= 11 is 0. The molecule has 1 aromatic carbocycles. The molecule has 0 aliphatic heterocycles. The second-order valence-corrected chi connectivity index (χ2v) is 4.44. The van der Waals surface area contributed by atoms with Crippen molar-refractivity contribution in [3.05, 3.63) is 29.3 Å². The maximum atomic E-state index is 11.7. The summed E-state index contributed by atoms with van der Waals surface area (Å²) in [4.78, 5) is 11.7. The Balaban J connectivity index is 2.99. The molecule has 0 aliphatic rings. The lowest BCUT2D eigenvalue weighted by molar-refractivity contribution is 0.0378. The number of benzene rings is 1. The highest BCUT2D eigenvalue weighted by Crippen LogP contribution is 2.21. The van der Waals surface area contributed by atoms with Crippen molar-refractivity contribution in [2.45, 2.75) is 39.9 Å². The van der Waals surface area contributed by atoms with Gasteiger partial charge in [0.05, 0.1) is 23.3 Å². The average molecular weight is 247 g/mol. The van der Waals surface area contributed by atoms with Crippen LogP contribution in [0.1, 0.15) is 43.6 Å². The van der Waals surface area contributed by atoms with Crippen LogP contribution in [0.5, 0.6) is 5.75 Å². The van der Waals surface area contributed by atoms with E-state index in [9.17, 15) is 4.79 Å². The zero-order valence-corrected chi connectivity index (χ0v) is 11.1. The standard InChI is InChI=1S/C14H17NO3/c1-9(2)17-13-6-5-11(7-12(13)8-15)14(16)18-10(3)4/h5-7,9-10H,1-4H3. The van der Waals surface area contributed by atoms with Gasteiger partial charge < -0.3 is 9.47 Å². The first kappa shape index (κ1) is 14.0. The summed E-state index contributed by atoms with van der Waals surface area (Å²) in [5.41, 5.74) is 0.693. The minimum absolute atomic E-state index is 0.0226. The maximum absolute atomic E-state index is 11.7. The fourth-order valence-electron chi connectivity index (χ4n) is 1.38. The quantitative estimate of drug-likeness (QED) is 0.767. The van der Waals surface area contributed by atoms with E-state index in [-0.39, 0.29) is 12.2 Å². The molecular weight excluding hydrogens is 230 g/mol. The van der Waals surface area contributed by atoms with E-state index >= 15 is 0 Å². The molecule has 0 heterocycles. The lowest BCUT2D eigenvalue weighted by Gasteiger charge is -2.12. The Morgan fingerprint density at radius 2 is 1.89 bits per heavy atom. The second kappa shape index (κ2) is 6.06.